The van der Waals surface area contributed by atoms with Crippen molar-refractivity contribution in [3.05, 3.63) is 164 Å². The predicted molar refractivity (Wildman–Crippen MR) is 273 cm³/mol. The number of hydrogen-bond acceptors (Lipinski definition) is 14. The number of nitrogens with zero attached hydrogens (tertiary/aromatic N) is 6. The number of anilines is 1. The van der Waals surface area contributed by atoms with E-state index in [9.17, 15) is 36.9 Å². The van der Waals surface area contributed by atoms with Gasteiger partial charge in [0.1, 0.15) is 12.1 Å². The first-order valence-corrected chi connectivity index (χ1v) is 25.2. The van der Waals surface area contributed by atoms with Gasteiger partial charge in [-0.3, -0.25) is 38.8 Å². The van der Waals surface area contributed by atoms with E-state index in [1.807, 2.05) is 115 Å². The number of carbonyl (C=O) groups is 5. The summed E-state index contributed by atoms with van der Waals surface area (Å²) in [5.74, 6) is -3.53. The molecule has 1 fully saturated rings. The SMILES string of the molecule is Cc1ccnc(-c2cc(N3CCCC3C(=O)NC(CS(=O)(=O)[O-])C(=O)NCCCCC(=O)NCCOCCN3C(=O)C=CC3=O)ccn2)c1.[Ir].[c-]1ccccc1-c1ccccn1.[c-]1ccccc1-c1ccccn1. The molecule has 2 unspecified atom stereocenters. The second-order valence-corrected chi connectivity index (χ2v) is 18.1. The fraction of sp³-hybridized carbons (Fsp3) is 0.278. The van der Waals surface area contributed by atoms with Crippen molar-refractivity contribution >= 4 is 45.3 Å². The number of imide groups is 1. The van der Waals surface area contributed by atoms with E-state index >= 15 is 0 Å². The molecule has 6 aromatic rings. The van der Waals surface area contributed by atoms with E-state index in [1.54, 1.807) is 30.9 Å². The standard InChI is InChI=1S/C32H41N7O9S.2C11H8N.Ir/c1-22-9-12-33-24(19-22)25-20-23(10-13-34-25)38-15-4-5-27(38)32(44)37-26(21-49(45,46)47)31(43)36-11-3-2-6-28(40)35-14-17-48-18-16-39-29(41)7-8-30(39)42;2*1-2-6-10(7-3-1)11-8-4-5-9-12-11;/h7-10,12-13,19-20,26-27H,2-6,11,14-18,21H2,1H3,(H,35,40)(H,36,43)(H,37,44)(H,45,46,47);2*1-6,8-9H;/q;2*-1;/p-1. The quantitative estimate of drug-likeness (QED) is 0.0399. The summed E-state index contributed by atoms with van der Waals surface area (Å²) in [5, 5.41) is 7.70. The largest absolute Gasteiger partial charge is 0.748 e. The van der Waals surface area contributed by atoms with Crippen LogP contribution in [0.1, 0.15) is 37.7 Å². The van der Waals surface area contributed by atoms with Crippen LogP contribution in [0.4, 0.5) is 5.69 Å². The topological polar surface area (TPSA) is 246 Å². The Morgan fingerprint density at radius 1 is 0.743 bits per heavy atom. The molecule has 3 N–H and O–H groups in total. The molecule has 0 aliphatic carbocycles. The van der Waals surface area contributed by atoms with E-state index in [0.29, 0.717) is 49.3 Å². The van der Waals surface area contributed by atoms with Gasteiger partial charge in [-0.15, -0.1) is 71.8 Å². The Kier molecular flexibility index (Phi) is 23.3. The molecule has 2 aromatic carbocycles. The van der Waals surface area contributed by atoms with E-state index in [2.05, 4.69) is 48.0 Å². The van der Waals surface area contributed by atoms with Crippen LogP contribution in [0.5, 0.6) is 0 Å². The number of unbranched alkanes of at least 4 members (excludes halogenated alkanes) is 1. The summed E-state index contributed by atoms with van der Waals surface area (Å²) in [6, 6.07) is 38.7. The van der Waals surface area contributed by atoms with Gasteiger partial charge >= 0.3 is 0 Å². The van der Waals surface area contributed by atoms with Gasteiger partial charge in [-0.05, 0) is 86.0 Å². The fourth-order valence-electron chi connectivity index (χ4n) is 7.57. The van der Waals surface area contributed by atoms with Crippen LogP contribution in [-0.4, -0.2) is 125 Å². The number of benzene rings is 2. The molecule has 18 nitrogen and oxygen atoms in total. The van der Waals surface area contributed by atoms with Gasteiger partial charge in [0.15, 0.2) is 0 Å². The Morgan fingerprint density at radius 3 is 1.93 bits per heavy atom. The minimum absolute atomic E-state index is 0. The molecule has 1 radical (unpaired) electrons. The van der Waals surface area contributed by atoms with Crippen molar-refractivity contribution in [2.75, 3.05) is 50.0 Å². The van der Waals surface area contributed by atoms with Crippen molar-refractivity contribution in [2.45, 2.75) is 51.1 Å². The van der Waals surface area contributed by atoms with Crippen LogP contribution >= 0.6 is 0 Å². The first-order chi connectivity index (χ1) is 35.3. The van der Waals surface area contributed by atoms with Crippen molar-refractivity contribution < 1.29 is 61.8 Å². The number of aryl methyl sites for hydroxylation is 1. The molecule has 1 saturated heterocycles. The van der Waals surface area contributed by atoms with Crippen molar-refractivity contribution in [3.63, 3.8) is 0 Å². The molecule has 0 bridgehead atoms. The molecule has 0 saturated carbocycles. The molecule has 6 heterocycles. The van der Waals surface area contributed by atoms with E-state index < -0.39 is 51.6 Å². The Balaban J connectivity index is 0.000000325. The number of carbonyl (C=O) groups excluding carboxylic acids is 5. The number of pyridine rings is 4. The molecule has 0 spiro atoms. The van der Waals surface area contributed by atoms with Gasteiger partial charge < -0.3 is 40.1 Å². The van der Waals surface area contributed by atoms with Gasteiger partial charge in [-0.1, -0.05) is 24.3 Å². The van der Waals surface area contributed by atoms with Crippen molar-refractivity contribution in [2.24, 2.45) is 0 Å². The molecule has 20 heteroatoms. The van der Waals surface area contributed by atoms with E-state index in [-0.39, 0.29) is 65.3 Å². The number of nitrogens with one attached hydrogen (secondary N) is 3. The average molecular weight is 1200 g/mol. The summed E-state index contributed by atoms with van der Waals surface area (Å²) < 4.78 is 40.2. The summed E-state index contributed by atoms with van der Waals surface area (Å²) in [5.41, 5.74) is 7.04. The smallest absolute Gasteiger partial charge is 0.253 e. The second-order valence-electron chi connectivity index (χ2n) is 16.6. The Hall–Kier alpha value is -7.35. The molecule has 8 rings (SSSR count). The third-order valence-electron chi connectivity index (χ3n) is 11.2. The van der Waals surface area contributed by atoms with E-state index in [4.69, 9.17) is 4.74 Å². The van der Waals surface area contributed by atoms with Gasteiger partial charge in [0.05, 0.1) is 47.0 Å². The molecule has 389 valence electrons. The van der Waals surface area contributed by atoms with Crippen LogP contribution in [0.3, 0.4) is 0 Å². The monoisotopic (exact) mass is 1200 g/mol. The summed E-state index contributed by atoms with van der Waals surface area (Å²) in [6.45, 7) is 3.25. The third kappa shape index (κ3) is 18.9. The van der Waals surface area contributed by atoms with Crippen molar-refractivity contribution in [3.8, 4) is 33.9 Å². The van der Waals surface area contributed by atoms with Gasteiger partial charge in [-0.2, -0.15) is 0 Å². The number of ether oxygens (including phenoxy) is 1. The zero-order valence-corrected chi connectivity index (χ0v) is 43.8. The van der Waals surface area contributed by atoms with Gasteiger partial charge in [-0.25, -0.2) is 8.42 Å². The van der Waals surface area contributed by atoms with Crippen molar-refractivity contribution in [1.82, 2.24) is 40.8 Å². The molecule has 4 aromatic heterocycles. The number of aromatic nitrogens is 4. The minimum atomic E-state index is -4.87. The van der Waals surface area contributed by atoms with Crippen LogP contribution < -0.4 is 20.9 Å². The molecule has 5 amide bonds. The maximum atomic E-state index is 13.4. The number of amides is 5. The zero-order chi connectivity index (χ0) is 51.8. The zero-order valence-electron chi connectivity index (χ0n) is 40.6. The molecule has 74 heavy (non-hydrogen) atoms. The molecular formula is C54H56IrN9O9S-3. The van der Waals surface area contributed by atoms with Crippen LogP contribution in [0.15, 0.2) is 146 Å². The predicted octanol–water partition coefficient (Wildman–Crippen LogP) is 4.89. The summed E-state index contributed by atoms with van der Waals surface area (Å²) in [7, 11) is -4.87. The first kappa shape index (κ1) is 57.5. The minimum Gasteiger partial charge on any atom is -0.748 e. The van der Waals surface area contributed by atoms with E-state index in [0.717, 1.165) is 33.0 Å². The van der Waals surface area contributed by atoms with Crippen molar-refractivity contribution in [1.29, 1.82) is 0 Å². The first-order valence-electron chi connectivity index (χ1n) is 23.7. The van der Waals surface area contributed by atoms with Gasteiger partial charge in [0.25, 0.3) is 11.8 Å². The summed E-state index contributed by atoms with van der Waals surface area (Å²) in [4.78, 5) is 81.5. The Morgan fingerprint density at radius 2 is 1.35 bits per heavy atom. The average Bonchev–Trinajstić information content (AvgIpc) is 4.04. The maximum Gasteiger partial charge on any atom is 0.253 e. The molecular weight excluding hydrogens is 1140 g/mol. The van der Waals surface area contributed by atoms with E-state index in [1.165, 1.54) is 12.2 Å². The second kappa shape index (κ2) is 30.0. The van der Waals surface area contributed by atoms with Gasteiger partial charge in [0.2, 0.25) is 17.7 Å². The Bertz CT molecular complexity index is 2720. The molecule has 2 aliphatic heterocycles. The summed E-state index contributed by atoms with van der Waals surface area (Å²) in [6.07, 6.45) is 11.3. The third-order valence-corrected chi connectivity index (χ3v) is 11.9. The maximum absolute atomic E-state index is 13.4. The van der Waals surface area contributed by atoms with Crippen LogP contribution in [-0.2, 0) is 58.9 Å². The fourth-order valence-corrected chi connectivity index (χ4v) is 8.22. The van der Waals surface area contributed by atoms with Gasteiger partial charge in [0, 0.05) is 88.8 Å². The number of hydrogen-bond donors (Lipinski definition) is 3. The molecule has 2 aliphatic rings. The van der Waals surface area contributed by atoms with Crippen LogP contribution in [0.2, 0.25) is 0 Å². The Labute approximate surface area is 444 Å². The molecule has 2 atom stereocenters. The summed E-state index contributed by atoms with van der Waals surface area (Å²) >= 11 is 0. The number of rotatable bonds is 20. The van der Waals surface area contributed by atoms with Crippen LogP contribution in [0.25, 0.3) is 33.9 Å². The normalized spacial score (nSPS) is 14.1. The van der Waals surface area contributed by atoms with Crippen LogP contribution in [0, 0.1) is 19.1 Å².